The number of halogens is 1. The molecule has 1 aromatic heterocycles. The number of hydrogen-bond donors (Lipinski definition) is 2. The van der Waals surface area contributed by atoms with Crippen molar-refractivity contribution in [3.8, 4) is 0 Å². The summed E-state index contributed by atoms with van der Waals surface area (Å²) in [5, 5.41) is 1.09. The first-order valence-electron chi connectivity index (χ1n) is 5.26. The Labute approximate surface area is 108 Å². The Morgan fingerprint density at radius 3 is 2.94 bits per heavy atom. The highest BCUT2D eigenvalue weighted by molar-refractivity contribution is 9.10. The quantitative estimate of drug-likeness (QED) is 0.670. The lowest BCUT2D eigenvalue weighted by Crippen LogP contribution is -2.32. The van der Waals surface area contributed by atoms with Crippen molar-refractivity contribution in [1.29, 1.82) is 0 Å². The molecule has 1 unspecified atom stereocenters. The molecule has 0 saturated carbocycles. The third kappa shape index (κ3) is 2.63. The highest BCUT2D eigenvalue weighted by atomic mass is 79.9. The number of hydrazine groups is 1. The predicted octanol–water partition coefficient (Wildman–Crippen LogP) is 2.15. The molecule has 2 aromatic rings. The van der Waals surface area contributed by atoms with Crippen molar-refractivity contribution >= 4 is 26.8 Å². The summed E-state index contributed by atoms with van der Waals surface area (Å²) in [5.74, 6) is 5.51. The molecule has 1 atom stereocenters. The Hall–Kier alpha value is -1.01. The lowest BCUT2D eigenvalue weighted by molar-refractivity contribution is 0.165. The maximum Gasteiger partial charge on any atom is 0.0876 e. The first kappa shape index (κ1) is 12.4. The van der Waals surface area contributed by atoms with Crippen LogP contribution in [0.5, 0.6) is 0 Å². The van der Waals surface area contributed by atoms with Crippen LogP contribution in [0.15, 0.2) is 34.8 Å². The van der Waals surface area contributed by atoms with E-state index in [4.69, 9.17) is 10.6 Å². The molecule has 0 amide bonds. The van der Waals surface area contributed by atoms with E-state index < -0.39 is 0 Å². The lowest BCUT2D eigenvalue weighted by atomic mass is 10.1. The normalized spacial score (nSPS) is 12.9. The SMILES string of the molecule is COCC(NN)c1nc2ccccc2cc1Br. The first-order chi connectivity index (χ1) is 8.26. The molecule has 0 aliphatic rings. The van der Waals surface area contributed by atoms with Crippen LogP contribution in [0.2, 0.25) is 0 Å². The second-order valence-corrected chi connectivity index (χ2v) is 4.58. The number of pyridine rings is 1. The standard InChI is InChI=1S/C12H14BrN3O/c1-17-7-11(16-14)12-9(13)6-8-4-2-3-5-10(8)15-12/h2-6,11,16H,7,14H2,1H3. The molecule has 0 aliphatic heterocycles. The molecule has 0 bridgehead atoms. The average Bonchev–Trinajstić information content (AvgIpc) is 2.35. The Balaban J connectivity index is 2.49. The molecule has 1 heterocycles. The number of fused-ring (bicyclic) bond motifs is 1. The number of nitrogens with zero attached hydrogens (tertiary/aromatic N) is 1. The molecule has 90 valence electrons. The number of aromatic nitrogens is 1. The topological polar surface area (TPSA) is 60.2 Å². The molecule has 0 radical (unpaired) electrons. The maximum atomic E-state index is 5.51. The van der Waals surface area contributed by atoms with Gasteiger partial charge in [-0.15, -0.1) is 0 Å². The third-order valence-corrected chi connectivity index (χ3v) is 3.20. The van der Waals surface area contributed by atoms with Gasteiger partial charge in [-0.3, -0.25) is 5.84 Å². The van der Waals surface area contributed by atoms with Gasteiger partial charge in [-0.2, -0.15) is 0 Å². The van der Waals surface area contributed by atoms with Crippen LogP contribution in [0.25, 0.3) is 10.9 Å². The fourth-order valence-electron chi connectivity index (χ4n) is 1.72. The Bertz CT molecular complexity index is 518. The third-order valence-electron chi connectivity index (χ3n) is 2.57. The van der Waals surface area contributed by atoms with Crippen LogP contribution >= 0.6 is 15.9 Å². The second-order valence-electron chi connectivity index (χ2n) is 3.72. The van der Waals surface area contributed by atoms with Crippen LogP contribution in [0.3, 0.4) is 0 Å². The van der Waals surface area contributed by atoms with Gasteiger partial charge < -0.3 is 4.74 Å². The number of methoxy groups -OCH3 is 1. The van der Waals surface area contributed by atoms with E-state index in [1.54, 1.807) is 7.11 Å². The summed E-state index contributed by atoms with van der Waals surface area (Å²) in [6, 6.07) is 9.87. The van der Waals surface area contributed by atoms with Crippen LogP contribution in [-0.2, 0) is 4.74 Å². The maximum absolute atomic E-state index is 5.51. The minimum absolute atomic E-state index is 0.126. The molecule has 0 saturated heterocycles. The summed E-state index contributed by atoms with van der Waals surface area (Å²) in [7, 11) is 1.64. The van der Waals surface area contributed by atoms with E-state index in [9.17, 15) is 0 Å². The highest BCUT2D eigenvalue weighted by Gasteiger charge is 2.15. The molecular formula is C12H14BrN3O. The molecule has 4 nitrogen and oxygen atoms in total. The summed E-state index contributed by atoms with van der Waals surface area (Å²) in [6.07, 6.45) is 0. The van der Waals surface area contributed by atoms with Crippen molar-refractivity contribution in [3.63, 3.8) is 0 Å². The molecule has 17 heavy (non-hydrogen) atoms. The van der Waals surface area contributed by atoms with E-state index in [-0.39, 0.29) is 6.04 Å². The van der Waals surface area contributed by atoms with E-state index in [2.05, 4.69) is 26.3 Å². The zero-order valence-electron chi connectivity index (χ0n) is 9.48. The van der Waals surface area contributed by atoms with Gasteiger partial charge in [-0.05, 0) is 28.1 Å². The predicted molar refractivity (Wildman–Crippen MR) is 71.4 cm³/mol. The smallest absolute Gasteiger partial charge is 0.0876 e. The van der Waals surface area contributed by atoms with Gasteiger partial charge in [0.15, 0.2) is 0 Å². The Kier molecular flexibility index (Phi) is 4.06. The molecule has 2 rings (SSSR count). The van der Waals surface area contributed by atoms with Crippen molar-refractivity contribution in [2.24, 2.45) is 5.84 Å². The van der Waals surface area contributed by atoms with Crippen molar-refractivity contribution in [2.45, 2.75) is 6.04 Å². The minimum Gasteiger partial charge on any atom is -0.383 e. The van der Waals surface area contributed by atoms with Gasteiger partial charge in [0.1, 0.15) is 0 Å². The van der Waals surface area contributed by atoms with Crippen LogP contribution in [0.1, 0.15) is 11.7 Å². The number of nitrogens with one attached hydrogen (secondary N) is 1. The van der Waals surface area contributed by atoms with Crippen LogP contribution in [-0.4, -0.2) is 18.7 Å². The van der Waals surface area contributed by atoms with Crippen LogP contribution in [0, 0.1) is 0 Å². The Morgan fingerprint density at radius 2 is 2.24 bits per heavy atom. The van der Waals surface area contributed by atoms with Crippen LogP contribution < -0.4 is 11.3 Å². The average molecular weight is 296 g/mol. The molecule has 3 N–H and O–H groups in total. The molecule has 0 spiro atoms. The van der Waals surface area contributed by atoms with Gasteiger partial charge in [-0.25, -0.2) is 10.4 Å². The van der Waals surface area contributed by atoms with E-state index in [1.165, 1.54) is 0 Å². The minimum atomic E-state index is -0.126. The van der Waals surface area contributed by atoms with E-state index in [0.717, 1.165) is 21.1 Å². The summed E-state index contributed by atoms with van der Waals surface area (Å²) in [4.78, 5) is 4.60. The van der Waals surface area contributed by atoms with Gasteiger partial charge in [-0.1, -0.05) is 18.2 Å². The van der Waals surface area contributed by atoms with Crippen molar-refractivity contribution in [3.05, 3.63) is 40.5 Å². The van der Waals surface area contributed by atoms with Gasteiger partial charge in [0, 0.05) is 17.0 Å². The summed E-state index contributed by atoms with van der Waals surface area (Å²) in [6.45, 7) is 0.473. The highest BCUT2D eigenvalue weighted by Crippen LogP contribution is 2.25. The van der Waals surface area contributed by atoms with Gasteiger partial charge in [0.25, 0.3) is 0 Å². The number of nitrogens with two attached hydrogens (primary N) is 1. The Morgan fingerprint density at radius 1 is 1.47 bits per heavy atom. The number of ether oxygens (including phenoxy) is 1. The second kappa shape index (κ2) is 5.55. The fraction of sp³-hybridized carbons (Fsp3) is 0.250. The molecule has 0 fully saturated rings. The number of para-hydroxylation sites is 1. The number of rotatable bonds is 4. The van der Waals surface area contributed by atoms with Gasteiger partial charge in [0.2, 0.25) is 0 Å². The molecule has 0 aliphatic carbocycles. The van der Waals surface area contributed by atoms with Crippen LogP contribution in [0.4, 0.5) is 0 Å². The molecule has 1 aromatic carbocycles. The summed E-state index contributed by atoms with van der Waals surface area (Å²) in [5.41, 5.74) is 4.51. The first-order valence-corrected chi connectivity index (χ1v) is 6.06. The molecular weight excluding hydrogens is 282 g/mol. The van der Waals surface area contributed by atoms with E-state index in [1.807, 2.05) is 30.3 Å². The summed E-state index contributed by atoms with van der Waals surface area (Å²) >= 11 is 3.52. The lowest BCUT2D eigenvalue weighted by Gasteiger charge is -2.16. The number of benzene rings is 1. The van der Waals surface area contributed by atoms with Gasteiger partial charge >= 0.3 is 0 Å². The van der Waals surface area contributed by atoms with Crippen molar-refractivity contribution in [2.75, 3.05) is 13.7 Å². The summed E-state index contributed by atoms with van der Waals surface area (Å²) < 4.78 is 6.04. The van der Waals surface area contributed by atoms with Gasteiger partial charge in [0.05, 0.1) is 23.9 Å². The van der Waals surface area contributed by atoms with E-state index >= 15 is 0 Å². The largest absolute Gasteiger partial charge is 0.383 e. The fourth-order valence-corrected chi connectivity index (χ4v) is 2.33. The monoisotopic (exact) mass is 295 g/mol. The number of hydrogen-bond acceptors (Lipinski definition) is 4. The zero-order valence-corrected chi connectivity index (χ0v) is 11.1. The van der Waals surface area contributed by atoms with Crippen molar-refractivity contribution in [1.82, 2.24) is 10.4 Å². The molecule has 5 heteroatoms. The van der Waals surface area contributed by atoms with E-state index in [0.29, 0.717) is 6.61 Å². The zero-order chi connectivity index (χ0) is 12.3. The van der Waals surface area contributed by atoms with Crippen molar-refractivity contribution < 1.29 is 4.74 Å².